The molecule has 0 aromatic heterocycles. The SMILES string of the molecule is CN=C(NN)C(C)C(C)C. The quantitative estimate of drug-likeness (QED) is 0.259. The zero-order valence-corrected chi connectivity index (χ0v) is 7.18. The van der Waals surface area contributed by atoms with Crippen LogP contribution in [0.4, 0.5) is 0 Å². The standard InChI is InChI=1S/C7H17N3/c1-5(2)6(3)7(9-4)10-8/h5-6H,8H2,1-4H3,(H,9,10). The van der Waals surface area contributed by atoms with Crippen LogP contribution in [-0.2, 0) is 0 Å². The van der Waals surface area contributed by atoms with Crippen molar-refractivity contribution < 1.29 is 0 Å². The predicted octanol–water partition coefficient (Wildman–Crippen LogP) is 0.770. The third kappa shape index (κ3) is 2.35. The number of rotatable bonds is 2. The molecule has 0 radical (unpaired) electrons. The molecule has 0 aliphatic heterocycles. The minimum absolute atomic E-state index is 0.412. The summed E-state index contributed by atoms with van der Waals surface area (Å²) in [6, 6.07) is 0. The highest BCUT2D eigenvalue weighted by atomic mass is 15.2. The van der Waals surface area contributed by atoms with Gasteiger partial charge >= 0.3 is 0 Å². The van der Waals surface area contributed by atoms with E-state index in [1.54, 1.807) is 7.05 Å². The molecule has 0 bridgehead atoms. The fourth-order valence-electron chi connectivity index (χ4n) is 0.715. The molecule has 10 heavy (non-hydrogen) atoms. The highest BCUT2D eigenvalue weighted by molar-refractivity contribution is 5.83. The van der Waals surface area contributed by atoms with Crippen LogP contribution in [0, 0.1) is 11.8 Å². The van der Waals surface area contributed by atoms with Gasteiger partial charge in [-0.25, -0.2) is 5.84 Å². The summed E-state index contributed by atoms with van der Waals surface area (Å²) in [7, 11) is 1.74. The first-order valence-corrected chi connectivity index (χ1v) is 3.56. The number of amidine groups is 1. The van der Waals surface area contributed by atoms with Crippen LogP contribution in [0.2, 0.25) is 0 Å². The predicted molar refractivity (Wildman–Crippen MR) is 44.7 cm³/mol. The fraction of sp³-hybridized carbons (Fsp3) is 0.857. The highest BCUT2D eigenvalue weighted by Gasteiger charge is 2.11. The Bertz CT molecular complexity index is 118. The molecule has 0 heterocycles. The van der Waals surface area contributed by atoms with Crippen LogP contribution in [0.15, 0.2) is 4.99 Å². The Labute approximate surface area is 62.7 Å². The van der Waals surface area contributed by atoms with Gasteiger partial charge in [-0.3, -0.25) is 4.99 Å². The molecule has 0 spiro atoms. The number of hydrogen-bond acceptors (Lipinski definition) is 2. The van der Waals surface area contributed by atoms with E-state index in [2.05, 4.69) is 31.2 Å². The van der Waals surface area contributed by atoms with E-state index in [0.29, 0.717) is 11.8 Å². The molecular formula is C7H17N3. The Morgan fingerprint density at radius 2 is 1.90 bits per heavy atom. The van der Waals surface area contributed by atoms with E-state index in [9.17, 15) is 0 Å². The second-order valence-corrected chi connectivity index (χ2v) is 2.79. The van der Waals surface area contributed by atoms with E-state index in [-0.39, 0.29) is 0 Å². The second-order valence-electron chi connectivity index (χ2n) is 2.79. The van der Waals surface area contributed by atoms with Crippen molar-refractivity contribution in [1.29, 1.82) is 0 Å². The summed E-state index contributed by atoms with van der Waals surface area (Å²) >= 11 is 0. The lowest BCUT2D eigenvalue weighted by molar-refractivity contribution is 0.519. The lowest BCUT2D eigenvalue weighted by Gasteiger charge is -2.16. The number of nitrogens with one attached hydrogen (secondary N) is 1. The largest absolute Gasteiger partial charge is 0.312 e. The van der Waals surface area contributed by atoms with E-state index >= 15 is 0 Å². The van der Waals surface area contributed by atoms with Crippen LogP contribution in [0.25, 0.3) is 0 Å². The minimum atomic E-state index is 0.412. The summed E-state index contributed by atoms with van der Waals surface area (Å²) in [5.74, 6) is 7.10. The molecule has 3 nitrogen and oxygen atoms in total. The van der Waals surface area contributed by atoms with Gasteiger partial charge in [-0.15, -0.1) is 0 Å². The molecule has 0 saturated carbocycles. The van der Waals surface area contributed by atoms with Gasteiger partial charge in [0, 0.05) is 13.0 Å². The molecule has 3 heteroatoms. The molecular weight excluding hydrogens is 126 g/mol. The van der Waals surface area contributed by atoms with Crippen LogP contribution in [0.5, 0.6) is 0 Å². The normalized spacial score (nSPS) is 15.6. The zero-order chi connectivity index (χ0) is 8.15. The number of nitrogens with two attached hydrogens (primary N) is 1. The number of nitrogens with zero attached hydrogens (tertiary/aromatic N) is 1. The fourth-order valence-corrected chi connectivity index (χ4v) is 0.715. The average Bonchev–Trinajstić information content (AvgIpc) is 1.90. The molecule has 0 rings (SSSR count). The van der Waals surface area contributed by atoms with Gasteiger partial charge in [0.2, 0.25) is 0 Å². The Morgan fingerprint density at radius 1 is 1.40 bits per heavy atom. The van der Waals surface area contributed by atoms with Crippen LogP contribution in [0.1, 0.15) is 20.8 Å². The van der Waals surface area contributed by atoms with E-state index < -0.39 is 0 Å². The monoisotopic (exact) mass is 143 g/mol. The average molecular weight is 143 g/mol. The van der Waals surface area contributed by atoms with E-state index in [1.807, 2.05) is 0 Å². The smallest absolute Gasteiger partial charge is 0.113 e. The Hall–Kier alpha value is -0.570. The van der Waals surface area contributed by atoms with Crippen molar-refractivity contribution in [3.63, 3.8) is 0 Å². The summed E-state index contributed by atoms with van der Waals surface area (Å²) < 4.78 is 0. The summed E-state index contributed by atoms with van der Waals surface area (Å²) in [6.45, 7) is 6.40. The molecule has 0 saturated heterocycles. The van der Waals surface area contributed by atoms with Crippen molar-refractivity contribution in [1.82, 2.24) is 5.43 Å². The van der Waals surface area contributed by atoms with Gasteiger partial charge in [-0.1, -0.05) is 20.8 Å². The van der Waals surface area contributed by atoms with Crippen LogP contribution in [0.3, 0.4) is 0 Å². The maximum atomic E-state index is 5.24. The first-order chi connectivity index (χ1) is 4.63. The molecule has 0 fully saturated rings. The van der Waals surface area contributed by atoms with Gasteiger partial charge in [-0.2, -0.15) is 0 Å². The maximum Gasteiger partial charge on any atom is 0.113 e. The van der Waals surface area contributed by atoms with E-state index in [0.717, 1.165) is 5.84 Å². The van der Waals surface area contributed by atoms with Crippen molar-refractivity contribution in [2.45, 2.75) is 20.8 Å². The molecule has 60 valence electrons. The van der Waals surface area contributed by atoms with Crippen LogP contribution >= 0.6 is 0 Å². The first-order valence-electron chi connectivity index (χ1n) is 3.56. The topological polar surface area (TPSA) is 50.4 Å². The zero-order valence-electron chi connectivity index (χ0n) is 7.18. The summed E-state index contributed by atoms with van der Waals surface area (Å²) in [4.78, 5) is 4.01. The summed E-state index contributed by atoms with van der Waals surface area (Å²) in [6.07, 6.45) is 0. The van der Waals surface area contributed by atoms with Gasteiger partial charge < -0.3 is 5.43 Å². The Morgan fingerprint density at radius 3 is 2.00 bits per heavy atom. The molecule has 0 aliphatic carbocycles. The summed E-state index contributed by atoms with van der Waals surface area (Å²) in [5, 5.41) is 0. The third-order valence-electron chi connectivity index (χ3n) is 1.82. The molecule has 0 aliphatic rings. The number of aliphatic imine (C=N–C) groups is 1. The van der Waals surface area contributed by atoms with Crippen LogP contribution < -0.4 is 11.3 Å². The van der Waals surface area contributed by atoms with Gasteiger partial charge in [0.15, 0.2) is 0 Å². The van der Waals surface area contributed by atoms with E-state index in [1.165, 1.54) is 0 Å². The summed E-state index contributed by atoms with van der Waals surface area (Å²) in [5.41, 5.74) is 2.58. The number of hydrogen-bond donors (Lipinski definition) is 2. The van der Waals surface area contributed by atoms with Gasteiger partial charge in [-0.05, 0) is 5.92 Å². The Balaban J connectivity index is 4.03. The molecule has 0 amide bonds. The highest BCUT2D eigenvalue weighted by Crippen LogP contribution is 2.09. The third-order valence-corrected chi connectivity index (χ3v) is 1.82. The molecule has 1 unspecified atom stereocenters. The van der Waals surface area contributed by atoms with Crippen molar-refractivity contribution >= 4 is 5.84 Å². The molecule has 0 aromatic rings. The Kier molecular flexibility index (Phi) is 4.03. The lowest BCUT2D eigenvalue weighted by Crippen LogP contribution is -2.36. The molecule has 3 N–H and O–H groups in total. The second kappa shape index (κ2) is 4.28. The van der Waals surface area contributed by atoms with Gasteiger partial charge in [0.1, 0.15) is 5.84 Å². The maximum absolute atomic E-state index is 5.24. The van der Waals surface area contributed by atoms with Crippen molar-refractivity contribution in [3.8, 4) is 0 Å². The van der Waals surface area contributed by atoms with Crippen molar-refractivity contribution in [2.75, 3.05) is 7.05 Å². The molecule has 1 atom stereocenters. The van der Waals surface area contributed by atoms with Gasteiger partial charge in [0.25, 0.3) is 0 Å². The minimum Gasteiger partial charge on any atom is -0.312 e. The first kappa shape index (κ1) is 9.43. The lowest BCUT2D eigenvalue weighted by atomic mass is 9.97. The number of hydrazine groups is 1. The van der Waals surface area contributed by atoms with Crippen LogP contribution in [-0.4, -0.2) is 12.9 Å². The van der Waals surface area contributed by atoms with Crippen molar-refractivity contribution in [2.24, 2.45) is 22.7 Å². The van der Waals surface area contributed by atoms with Gasteiger partial charge in [0.05, 0.1) is 0 Å². The van der Waals surface area contributed by atoms with Crippen molar-refractivity contribution in [3.05, 3.63) is 0 Å². The molecule has 0 aromatic carbocycles. The van der Waals surface area contributed by atoms with E-state index in [4.69, 9.17) is 5.84 Å².